The number of rotatable bonds is 7. The number of hydrogen-bond donors (Lipinski definition) is 0. The molecule has 4 aromatic rings. The van der Waals surface area contributed by atoms with Gasteiger partial charge in [0.1, 0.15) is 11.5 Å². The van der Waals surface area contributed by atoms with E-state index in [1.807, 2.05) is 0 Å². The van der Waals surface area contributed by atoms with E-state index in [0.717, 1.165) is 86.2 Å². The minimum absolute atomic E-state index is 0.0336. The number of hydrogen-bond acceptors (Lipinski definition) is 7. The molecule has 0 fully saturated rings. The van der Waals surface area contributed by atoms with Crippen LogP contribution in [0.1, 0.15) is 63.9 Å². The molecule has 4 aliphatic heterocycles. The van der Waals surface area contributed by atoms with Crippen molar-refractivity contribution < 1.29 is 23.7 Å². The van der Waals surface area contributed by atoms with Crippen molar-refractivity contribution in [1.29, 1.82) is 0 Å². The maximum atomic E-state index is 7.08. The Morgan fingerprint density at radius 2 is 1.41 bits per heavy atom. The van der Waals surface area contributed by atoms with Gasteiger partial charge >= 0.3 is 0 Å². The molecule has 7 nitrogen and oxygen atoms in total. The molecule has 0 spiro atoms. The number of benzene rings is 4. The minimum atomic E-state index is 0.0336. The van der Waals surface area contributed by atoms with E-state index in [-0.39, 0.29) is 12.1 Å². The van der Waals surface area contributed by atoms with E-state index < -0.39 is 0 Å². The molecule has 8 rings (SSSR count). The van der Waals surface area contributed by atoms with Crippen LogP contribution in [0.2, 0.25) is 0 Å². The first-order valence-corrected chi connectivity index (χ1v) is 18.5. The van der Waals surface area contributed by atoms with E-state index in [4.69, 9.17) is 23.7 Å². The largest absolute Gasteiger partial charge is 0.493 e. The average Bonchev–Trinajstić information content (AvgIpc) is 3.11. The SMILES string of the molecule is COc1cc2c3cc1Oc1c(OC)c(OC)cc4c1C(Cc1ccc(CCCCBr)c(c1)Oc1ccc(cc1)CC3N(C)CC2)N(C)CC4. The summed E-state index contributed by atoms with van der Waals surface area (Å²) in [6, 6.07) is 22.1. The van der Waals surface area contributed by atoms with Crippen LogP contribution >= 0.6 is 15.9 Å². The van der Waals surface area contributed by atoms with Crippen LogP contribution in [-0.4, -0.2) is 63.6 Å². The van der Waals surface area contributed by atoms with Crippen molar-refractivity contribution in [3.63, 3.8) is 0 Å². The average molecular weight is 728 g/mol. The molecule has 4 heterocycles. The zero-order chi connectivity index (χ0) is 34.1. The predicted molar refractivity (Wildman–Crippen MR) is 198 cm³/mol. The quantitative estimate of drug-likeness (QED) is 0.139. The van der Waals surface area contributed by atoms with Crippen molar-refractivity contribution in [1.82, 2.24) is 9.80 Å². The summed E-state index contributed by atoms with van der Waals surface area (Å²) in [5.41, 5.74) is 8.60. The third-order valence-electron chi connectivity index (χ3n) is 10.6. The van der Waals surface area contributed by atoms with Gasteiger partial charge in [-0.2, -0.15) is 0 Å². The fourth-order valence-corrected chi connectivity index (χ4v) is 8.18. The summed E-state index contributed by atoms with van der Waals surface area (Å²) in [6.45, 7) is 1.89. The third-order valence-corrected chi connectivity index (χ3v) is 11.1. The van der Waals surface area contributed by atoms with Gasteiger partial charge in [-0.25, -0.2) is 0 Å². The van der Waals surface area contributed by atoms with Crippen LogP contribution in [-0.2, 0) is 32.1 Å². The number of alkyl halides is 1. The van der Waals surface area contributed by atoms with Gasteiger partial charge in [-0.3, -0.25) is 9.80 Å². The zero-order valence-corrected chi connectivity index (χ0v) is 30.9. The zero-order valence-electron chi connectivity index (χ0n) is 29.3. The molecular formula is C41H47BrN2O5. The predicted octanol–water partition coefficient (Wildman–Crippen LogP) is 8.87. The van der Waals surface area contributed by atoms with Crippen LogP contribution in [0, 0.1) is 0 Å². The molecular weight excluding hydrogens is 680 g/mol. The number of unbranched alkanes of at least 4 members (excludes halogenated alkanes) is 1. The number of ether oxygens (including phenoxy) is 5. The Kier molecular flexibility index (Phi) is 10.1. The van der Waals surface area contributed by atoms with E-state index >= 15 is 0 Å². The van der Waals surface area contributed by atoms with Crippen molar-refractivity contribution in [3.05, 3.63) is 99.6 Å². The Bertz CT molecular complexity index is 1810. The van der Waals surface area contributed by atoms with Gasteiger partial charge in [-0.1, -0.05) is 40.2 Å². The Morgan fingerprint density at radius 3 is 2.14 bits per heavy atom. The second-order valence-corrected chi connectivity index (χ2v) is 14.3. The maximum absolute atomic E-state index is 7.08. The Hall–Kier alpha value is -3.72. The fraction of sp³-hybridized carbons (Fsp3) is 0.415. The standard InChI is InChI=1S/C41H47BrN2O5/c1-43-18-15-29-23-36(45-3)37-25-32(29)33(43)20-26-10-13-31(14-11-26)48-35-22-27(9-12-28(35)8-6-7-17-42)21-34-39-30(16-19-44(34)2)24-38(46-4)40(47-5)41(39)49-37/h9-14,22-25,33-34H,6-8,15-21H2,1-5H3. The molecule has 49 heavy (non-hydrogen) atoms. The Balaban J connectivity index is 1.43. The minimum Gasteiger partial charge on any atom is -0.493 e. The lowest BCUT2D eigenvalue weighted by atomic mass is 9.87. The van der Waals surface area contributed by atoms with Gasteiger partial charge in [0.25, 0.3) is 0 Å². The first kappa shape index (κ1) is 33.8. The number of nitrogens with zero attached hydrogens (tertiary/aromatic N) is 2. The normalized spacial score (nSPS) is 18.8. The molecule has 0 aliphatic carbocycles. The lowest BCUT2D eigenvalue weighted by Crippen LogP contribution is -2.34. The van der Waals surface area contributed by atoms with Crippen molar-refractivity contribution in [3.8, 4) is 40.2 Å². The number of likely N-dealkylation sites (N-methyl/N-ethyl adjacent to an activating group) is 2. The molecule has 0 saturated heterocycles. The highest BCUT2D eigenvalue weighted by Gasteiger charge is 2.34. The van der Waals surface area contributed by atoms with E-state index in [9.17, 15) is 0 Å². The number of halogens is 1. The third kappa shape index (κ3) is 6.75. The topological polar surface area (TPSA) is 52.6 Å². The van der Waals surface area contributed by atoms with Crippen LogP contribution in [0.3, 0.4) is 0 Å². The lowest BCUT2D eigenvalue weighted by molar-refractivity contribution is 0.220. The molecule has 2 atom stereocenters. The second kappa shape index (κ2) is 14.6. The monoisotopic (exact) mass is 726 g/mol. The smallest absolute Gasteiger partial charge is 0.204 e. The van der Waals surface area contributed by atoms with Crippen molar-refractivity contribution in [2.45, 2.75) is 57.0 Å². The molecule has 0 N–H and O–H groups in total. The van der Waals surface area contributed by atoms with E-state index in [2.05, 4.69) is 100 Å². The highest BCUT2D eigenvalue weighted by molar-refractivity contribution is 9.09. The van der Waals surface area contributed by atoms with E-state index in [1.54, 1.807) is 21.3 Å². The summed E-state index contributed by atoms with van der Waals surface area (Å²) in [5, 5.41) is 1.00. The van der Waals surface area contributed by atoms with Crippen LogP contribution in [0.5, 0.6) is 40.2 Å². The molecule has 0 saturated carbocycles. The summed E-state index contributed by atoms with van der Waals surface area (Å²) in [5.74, 6) is 5.14. The highest BCUT2D eigenvalue weighted by Crippen LogP contribution is 2.52. The van der Waals surface area contributed by atoms with Gasteiger partial charge in [-0.15, -0.1) is 0 Å². The molecule has 4 aromatic carbocycles. The summed E-state index contributed by atoms with van der Waals surface area (Å²) >= 11 is 3.60. The molecule has 0 aromatic heterocycles. The van der Waals surface area contributed by atoms with Crippen LogP contribution < -0.4 is 23.7 Å². The number of aryl methyl sites for hydroxylation is 1. The van der Waals surface area contributed by atoms with Crippen LogP contribution in [0.15, 0.2) is 60.7 Å². The molecule has 8 heteroatoms. The maximum Gasteiger partial charge on any atom is 0.204 e. The summed E-state index contributed by atoms with van der Waals surface area (Å²) in [7, 11) is 9.52. The first-order chi connectivity index (χ1) is 23.9. The number of fused-ring (bicyclic) bond motifs is 2. The molecule has 0 radical (unpaired) electrons. The van der Waals surface area contributed by atoms with Gasteiger partial charge in [-0.05, 0) is 129 Å². The van der Waals surface area contributed by atoms with Crippen LogP contribution in [0.25, 0.3) is 0 Å². The Morgan fingerprint density at radius 1 is 0.714 bits per heavy atom. The van der Waals surface area contributed by atoms with E-state index in [0.29, 0.717) is 23.0 Å². The molecule has 258 valence electrons. The Labute approximate surface area is 299 Å². The van der Waals surface area contributed by atoms with Crippen molar-refractivity contribution in [2.24, 2.45) is 0 Å². The lowest BCUT2D eigenvalue weighted by Gasteiger charge is -2.37. The first-order valence-electron chi connectivity index (χ1n) is 17.4. The highest BCUT2D eigenvalue weighted by atomic mass is 79.9. The second-order valence-electron chi connectivity index (χ2n) is 13.6. The molecule has 0 amide bonds. The van der Waals surface area contributed by atoms with Crippen molar-refractivity contribution >= 4 is 15.9 Å². The molecule has 4 aliphatic rings. The van der Waals surface area contributed by atoms with Crippen molar-refractivity contribution in [2.75, 3.05) is 53.8 Å². The van der Waals surface area contributed by atoms with E-state index in [1.165, 1.54) is 33.4 Å². The number of methoxy groups -OCH3 is 3. The summed E-state index contributed by atoms with van der Waals surface area (Å²) < 4.78 is 31.8. The fourth-order valence-electron chi connectivity index (χ4n) is 7.78. The summed E-state index contributed by atoms with van der Waals surface area (Å²) in [4.78, 5) is 4.88. The van der Waals surface area contributed by atoms with Gasteiger partial charge in [0.2, 0.25) is 5.75 Å². The molecule has 2 unspecified atom stereocenters. The van der Waals surface area contributed by atoms with Gasteiger partial charge in [0, 0.05) is 36.1 Å². The van der Waals surface area contributed by atoms with Gasteiger partial charge in [0.05, 0.1) is 21.3 Å². The van der Waals surface area contributed by atoms with Crippen LogP contribution in [0.4, 0.5) is 0 Å². The van der Waals surface area contributed by atoms with Gasteiger partial charge in [0.15, 0.2) is 23.0 Å². The summed E-state index contributed by atoms with van der Waals surface area (Å²) in [6.07, 6.45) is 6.67. The van der Waals surface area contributed by atoms with Gasteiger partial charge < -0.3 is 23.7 Å². The molecule has 6 bridgehead atoms.